The van der Waals surface area contributed by atoms with Crippen molar-refractivity contribution in [2.24, 2.45) is 0 Å². The van der Waals surface area contributed by atoms with Crippen LogP contribution in [0.3, 0.4) is 0 Å². The highest BCUT2D eigenvalue weighted by atomic mass is 16.6. The minimum atomic E-state index is -0.449. The Hall–Kier alpha value is -1.83. The van der Waals surface area contributed by atoms with Crippen LogP contribution in [0.4, 0.5) is 4.79 Å². The van der Waals surface area contributed by atoms with E-state index in [2.05, 4.69) is 29.2 Å². The minimum Gasteiger partial charge on any atom is -0.490 e. The second-order valence-electron chi connectivity index (χ2n) is 12.4. The lowest BCUT2D eigenvalue weighted by molar-refractivity contribution is -0.0812. The van der Waals surface area contributed by atoms with Gasteiger partial charge in [0.1, 0.15) is 11.4 Å². The average Bonchev–Trinajstić information content (AvgIpc) is 3.15. The number of hydrogen-bond acceptors (Lipinski definition) is 6. The normalized spacial score (nSPS) is 30.8. The Balaban J connectivity index is 1.02. The van der Waals surface area contributed by atoms with Gasteiger partial charge in [-0.05, 0) is 96.3 Å². The predicted octanol–water partition coefficient (Wildman–Crippen LogP) is 5.20. The maximum atomic E-state index is 12.7. The van der Waals surface area contributed by atoms with Crippen LogP contribution in [0.25, 0.3) is 0 Å². The summed E-state index contributed by atoms with van der Waals surface area (Å²) in [7, 11) is 0. The van der Waals surface area contributed by atoms with Crippen molar-refractivity contribution in [2.45, 2.75) is 115 Å². The van der Waals surface area contributed by atoms with Crippen LogP contribution in [-0.2, 0) is 20.6 Å². The average molecular weight is 515 g/mol. The molecule has 2 atom stereocenters. The second-order valence-corrected chi connectivity index (χ2v) is 12.4. The molecule has 4 aliphatic rings. The van der Waals surface area contributed by atoms with Gasteiger partial charge in [-0.1, -0.05) is 12.1 Å². The van der Waals surface area contributed by atoms with Crippen molar-refractivity contribution in [3.8, 4) is 5.75 Å². The molecule has 5 rings (SSSR count). The summed E-state index contributed by atoms with van der Waals surface area (Å²) in [6.07, 6.45) is 9.91. The van der Waals surface area contributed by atoms with Gasteiger partial charge in [0.25, 0.3) is 0 Å². The predicted molar refractivity (Wildman–Crippen MR) is 143 cm³/mol. The topological polar surface area (TPSA) is 60.5 Å². The molecular formula is C30H46N2O5. The Morgan fingerprint density at radius 1 is 0.892 bits per heavy atom. The van der Waals surface area contributed by atoms with E-state index in [9.17, 15) is 4.79 Å². The highest BCUT2D eigenvalue weighted by molar-refractivity contribution is 5.69. The van der Waals surface area contributed by atoms with Crippen molar-refractivity contribution >= 4 is 6.09 Å². The van der Waals surface area contributed by atoms with E-state index in [1.54, 1.807) is 0 Å². The van der Waals surface area contributed by atoms with Gasteiger partial charge in [-0.15, -0.1) is 0 Å². The van der Waals surface area contributed by atoms with Gasteiger partial charge in [-0.3, -0.25) is 4.90 Å². The first kappa shape index (κ1) is 26.8. The van der Waals surface area contributed by atoms with E-state index in [0.29, 0.717) is 6.10 Å². The number of nitrogens with zero attached hydrogens (tertiary/aromatic N) is 2. The lowest BCUT2D eigenvalue weighted by atomic mass is 9.93. The largest absolute Gasteiger partial charge is 0.490 e. The smallest absolute Gasteiger partial charge is 0.410 e. The molecule has 206 valence electrons. The summed E-state index contributed by atoms with van der Waals surface area (Å²) >= 11 is 0. The van der Waals surface area contributed by atoms with Crippen LogP contribution in [0.2, 0.25) is 0 Å². The van der Waals surface area contributed by atoms with Gasteiger partial charge in [0.05, 0.1) is 31.5 Å². The Labute approximate surface area is 222 Å². The standard InChI is InChI=1S/C30H46N2O5/c1-30(2,3)37-29(33)32-23-6-7-24(32)21-28(20-23)36-27-12-10-26(11-13-27)35-25-8-4-22(5-9-25)14-15-31-16-18-34-19-17-31/h4-5,8-9,23-24,26-28H,6-7,10-21H2,1-3H3/t23-,24-,26?,27?/m0/s1. The summed E-state index contributed by atoms with van der Waals surface area (Å²) in [5, 5.41) is 0. The van der Waals surface area contributed by atoms with Crippen molar-refractivity contribution in [2.75, 3.05) is 32.8 Å². The maximum absolute atomic E-state index is 12.7. The molecule has 0 unspecified atom stereocenters. The molecule has 3 heterocycles. The van der Waals surface area contributed by atoms with Crippen LogP contribution < -0.4 is 4.74 Å². The second kappa shape index (κ2) is 11.9. The van der Waals surface area contributed by atoms with Crippen molar-refractivity contribution in [3.63, 3.8) is 0 Å². The van der Waals surface area contributed by atoms with Crippen LogP contribution in [0.5, 0.6) is 5.75 Å². The maximum Gasteiger partial charge on any atom is 0.410 e. The first-order valence-corrected chi connectivity index (χ1v) is 14.5. The Morgan fingerprint density at radius 2 is 1.51 bits per heavy atom. The molecule has 0 N–H and O–H groups in total. The zero-order valence-corrected chi connectivity index (χ0v) is 23.0. The summed E-state index contributed by atoms with van der Waals surface area (Å²) in [5.41, 5.74) is 0.915. The quantitative estimate of drug-likeness (QED) is 0.499. The number of carbonyl (C=O) groups is 1. The van der Waals surface area contributed by atoms with E-state index >= 15 is 0 Å². The molecule has 1 aromatic rings. The molecule has 0 spiro atoms. The van der Waals surface area contributed by atoms with E-state index in [4.69, 9.17) is 18.9 Å². The molecule has 3 aliphatic heterocycles. The molecule has 3 saturated heterocycles. The van der Waals surface area contributed by atoms with E-state index in [0.717, 1.165) is 96.4 Å². The fourth-order valence-electron chi connectivity index (χ4n) is 6.45. The molecule has 4 fully saturated rings. The molecule has 2 bridgehead atoms. The monoisotopic (exact) mass is 514 g/mol. The molecule has 1 aliphatic carbocycles. The molecule has 0 radical (unpaired) electrons. The Kier molecular flexibility index (Phi) is 8.62. The number of piperidine rings is 1. The molecule has 1 amide bonds. The third-order valence-corrected chi connectivity index (χ3v) is 8.35. The first-order valence-electron chi connectivity index (χ1n) is 14.5. The number of morpholine rings is 1. The molecule has 7 nitrogen and oxygen atoms in total. The van der Waals surface area contributed by atoms with Crippen LogP contribution in [0, 0.1) is 0 Å². The van der Waals surface area contributed by atoms with E-state index in [1.807, 2.05) is 25.7 Å². The summed E-state index contributed by atoms with van der Waals surface area (Å²) in [6.45, 7) is 10.7. The summed E-state index contributed by atoms with van der Waals surface area (Å²) < 4.78 is 24.0. The number of amides is 1. The van der Waals surface area contributed by atoms with E-state index < -0.39 is 5.60 Å². The van der Waals surface area contributed by atoms with Gasteiger partial charge in [0.15, 0.2) is 0 Å². The summed E-state index contributed by atoms with van der Waals surface area (Å²) in [6, 6.07) is 9.20. The number of rotatable bonds is 7. The van der Waals surface area contributed by atoms with Gasteiger partial charge in [-0.25, -0.2) is 4.79 Å². The molecule has 7 heteroatoms. The highest BCUT2D eigenvalue weighted by Crippen LogP contribution is 2.39. The van der Waals surface area contributed by atoms with Gasteiger partial charge in [0.2, 0.25) is 0 Å². The summed E-state index contributed by atoms with van der Waals surface area (Å²) in [5.74, 6) is 0.977. The fraction of sp³-hybridized carbons (Fsp3) is 0.767. The zero-order chi connectivity index (χ0) is 25.8. The van der Waals surface area contributed by atoms with Crippen molar-refractivity contribution in [3.05, 3.63) is 29.8 Å². The molecule has 1 saturated carbocycles. The zero-order valence-electron chi connectivity index (χ0n) is 23.0. The number of fused-ring (bicyclic) bond motifs is 2. The lowest BCUT2D eigenvalue weighted by Crippen LogP contribution is -2.50. The Bertz CT molecular complexity index is 857. The van der Waals surface area contributed by atoms with Crippen molar-refractivity contribution < 1.29 is 23.7 Å². The van der Waals surface area contributed by atoms with E-state index in [-0.39, 0.29) is 30.4 Å². The SMILES string of the molecule is CC(C)(C)OC(=O)N1[C@H]2CC[C@H]1CC(OC1CCC(Oc3ccc(CCN4CCOCC4)cc3)CC1)C2. The molecule has 37 heavy (non-hydrogen) atoms. The van der Waals surface area contributed by atoms with Crippen molar-refractivity contribution in [1.29, 1.82) is 0 Å². The number of benzene rings is 1. The number of hydrogen-bond donors (Lipinski definition) is 0. The van der Waals surface area contributed by atoms with Gasteiger partial charge in [0, 0.05) is 31.7 Å². The van der Waals surface area contributed by atoms with Gasteiger partial charge in [-0.2, -0.15) is 0 Å². The third-order valence-electron chi connectivity index (χ3n) is 8.35. The van der Waals surface area contributed by atoms with Crippen LogP contribution >= 0.6 is 0 Å². The van der Waals surface area contributed by atoms with Gasteiger partial charge >= 0.3 is 6.09 Å². The van der Waals surface area contributed by atoms with Gasteiger partial charge < -0.3 is 23.8 Å². The van der Waals surface area contributed by atoms with Crippen LogP contribution in [0.1, 0.15) is 77.7 Å². The van der Waals surface area contributed by atoms with E-state index in [1.165, 1.54) is 5.56 Å². The Morgan fingerprint density at radius 3 is 2.14 bits per heavy atom. The minimum absolute atomic E-state index is 0.152. The lowest BCUT2D eigenvalue weighted by Gasteiger charge is -2.41. The fourth-order valence-corrected chi connectivity index (χ4v) is 6.45. The summed E-state index contributed by atoms with van der Waals surface area (Å²) in [4.78, 5) is 17.2. The molecular weight excluding hydrogens is 468 g/mol. The molecule has 1 aromatic carbocycles. The third kappa shape index (κ3) is 7.39. The number of carbonyl (C=O) groups excluding carboxylic acids is 1. The van der Waals surface area contributed by atoms with Crippen LogP contribution in [-0.4, -0.2) is 84.7 Å². The van der Waals surface area contributed by atoms with Crippen molar-refractivity contribution in [1.82, 2.24) is 9.80 Å². The van der Waals surface area contributed by atoms with Crippen LogP contribution in [0.15, 0.2) is 24.3 Å². The molecule has 0 aromatic heterocycles. The first-order chi connectivity index (χ1) is 17.8. The highest BCUT2D eigenvalue weighted by Gasteiger charge is 2.45. The number of ether oxygens (including phenoxy) is 4.